The van der Waals surface area contributed by atoms with Crippen LogP contribution < -0.4 is 10.6 Å². The van der Waals surface area contributed by atoms with Crippen molar-refractivity contribution < 1.29 is 9.53 Å². The van der Waals surface area contributed by atoms with E-state index in [2.05, 4.69) is 31.4 Å². The molecule has 0 fully saturated rings. The number of hydrogen-bond acceptors (Lipinski definition) is 3. The normalized spacial score (nSPS) is 13.6. The first-order valence-corrected chi connectivity index (χ1v) is 5.86. The molecule has 1 atom stereocenters. The molecule has 0 aromatic heterocycles. The summed E-state index contributed by atoms with van der Waals surface area (Å²) < 4.78 is 5.36. The predicted molar refractivity (Wildman–Crippen MR) is 66.4 cm³/mol. The van der Waals surface area contributed by atoms with E-state index in [1.54, 1.807) is 7.11 Å². The fourth-order valence-electron chi connectivity index (χ4n) is 1.46. The van der Waals surface area contributed by atoms with Gasteiger partial charge in [-0.3, -0.25) is 4.79 Å². The van der Waals surface area contributed by atoms with Crippen LogP contribution in [0.2, 0.25) is 0 Å². The van der Waals surface area contributed by atoms with Crippen LogP contribution in [0.5, 0.6) is 0 Å². The van der Waals surface area contributed by atoms with Gasteiger partial charge in [-0.15, -0.1) is 0 Å². The fourth-order valence-corrected chi connectivity index (χ4v) is 1.46. The van der Waals surface area contributed by atoms with Crippen molar-refractivity contribution in [2.75, 3.05) is 27.2 Å². The van der Waals surface area contributed by atoms with Crippen LogP contribution in [0.15, 0.2) is 0 Å². The minimum absolute atomic E-state index is 0.0486. The smallest absolute Gasteiger partial charge is 0.220 e. The van der Waals surface area contributed by atoms with E-state index >= 15 is 0 Å². The highest BCUT2D eigenvalue weighted by atomic mass is 16.5. The second-order valence-electron chi connectivity index (χ2n) is 5.10. The summed E-state index contributed by atoms with van der Waals surface area (Å²) in [5, 5.41) is 5.93. The molecule has 0 aromatic carbocycles. The molecule has 0 spiro atoms. The molecule has 0 radical (unpaired) electrons. The lowest BCUT2D eigenvalue weighted by atomic mass is 9.89. The maximum atomic E-state index is 11.5. The fraction of sp³-hybridized carbons (Fsp3) is 0.917. The van der Waals surface area contributed by atoms with Gasteiger partial charge in [-0.1, -0.05) is 20.8 Å². The molecular formula is C12H26N2O2. The van der Waals surface area contributed by atoms with Crippen molar-refractivity contribution in [1.82, 2.24) is 10.6 Å². The Bertz CT molecular complexity index is 200. The molecule has 0 aromatic rings. The second-order valence-corrected chi connectivity index (χ2v) is 5.10. The van der Waals surface area contributed by atoms with Gasteiger partial charge in [-0.25, -0.2) is 0 Å². The summed E-state index contributed by atoms with van der Waals surface area (Å²) in [6.07, 6.45) is 1.50. The Balaban J connectivity index is 3.80. The molecule has 0 aliphatic rings. The molecule has 4 nitrogen and oxygen atoms in total. The maximum Gasteiger partial charge on any atom is 0.220 e. The van der Waals surface area contributed by atoms with E-state index in [1.807, 2.05) is 7.05 Å². The summed E-state index contributed by atoms with van der Waals surface area (Å²) >= 11 is 0. The third kappa shape index (κ3) is 6.80. The predicted octanol–water partition coefficient (Wildman–Crippen LogP) is 1.16. The van der Waals surface area contributed by atoms with E-state index in [0.29, 0.717) is 13.0 Å². The third-order valence-corrected chi connectivity index (χ3v) is 2.57. The van der Waals surface area contributed by atoms with Crippen LogP contribution >= 0.6 is 0 Å². The second kappa shape index (κ2) is 7.63. The van der Waals surface area contributed by atoms with Crippen LogP contribution in [0.3, 0.4) is 0 Å². The summed E-state index contributed by atoms with van der Waals surface area (Å²) in [6.45, 7) is 7.77. The van der Waals surface area contributed by atoms with Crippen LogP contribution in [0.1, 0.15) is 33.6 Å². The first-order valence-electron chi connectivity index (χ1n) is 5.86. The zero-order valence-electron chi connectivity index (χ0n) is 11.2. The molecule has 96 valence electrons. The van der Waals surface area contributed by atoms with Gasteiger partial charge in [-0.05, 0) is 25.4 Å². The Morgan fingerprint density at radius 2 is 2.00 bits per heavy atom. The molecule has 0 aliphatic carbocycles. The van der Waals surface area contributed by atoms with E-state index in [0.717, 1.165) is 13.0 Å². The Morgan fingerprint density at radius 3 is 2.44 bits per heavy atom. The minimum Gasteiger partial charge on any atom is -0.379 e. The van der Waals surface area contributed by atoms with Crippen molar-refractivity contribution in [2.45, 2.75) is 39.7 Å². The third-order valence-electron chi connectivity index (χ3n) is 2.57. The van der Waals surface area contributed by atoms with E-state index in [9.17, 15) is 4.79 Å². The largest absolute Gasteiger partial charge is 0.379 e. The summed E-state index contributed by atoms with van der Waals surface area (Å²) in [4.78, 5) is 11.5. The lowest BCUT2D eigenvalue weighted by Crippen LogP contribution is -2.40. The molecule has 1 unspecified atom stereocenters. The molecule has 0 rings (SSSR count). The van der Waals surface area contributed by atoms with Crippen molar-refractivity contribution in [3.05, 3.63) is 0 Å². The summed E-state index contributed by atoms with van der Waals surface area (Å²) in [5.41, 5.74) is 0.0486. The first kappa shape index (κ1) is 15.4. The molecule has 2 N–H and O–H groups in total. The standard InChI is InChI=1S/C12H26N2O2/c1-12(2,3)10(16-5)9-14-11(15)7-6-8-13-4/h10,13H,6-9H2,1-5H3,(H,14,15). The first-order chi connectivity index (χ1) is 7.41. The summed E-state index contributed by atoms with van der Waals surface area (Å²) in [5.74, 6) is 0.0987. The highest BCUT2D eigenvalue weighted by Gasteiger charge is 2.24. The SMILES string of the molecule is CNCCCC(=O)NCC(OC)C(C)(C)C. The highest BCUT2D eigenvalue weighted by Crippen LogP contribution is 2.20. The molecule has 4 heteroatoms. The van der Waals surface area contributed by atoms with Crippen molar-refractivity contribution >= 4 is 5.91 Å². The Morgan fingerprint density at radius 1 is 1.38 bits per heavy atom. The molecule has 16 heavy (non-hydrogen) atoms. The molecule has 0 saturated heterocycles. The number of amides is 1. The zero-order valence-corrected chi connectivity index (χ0v) is 11.2. The Kier molecular flexibility index (Phi) is 7.34. The van der Waals surface area contributed by atoms with Gasteiger partial charge >= 0.3 is 0 Å². The van der Waals surface area contributed by atoms with E-state index < -0.39 is 0 Å². The van der Waals surface area contributed by atoms with E-state index in [1.165, 1.54) is 0 Å². The van der Waals surface area contributed by atoms with Gasteiger partial charge in [0, 0.05) is 20.1 Å². The summed E-state index contributed by atoms with van der Waals surface area (Å²) in [6, 6.07) is 0. The molecule has 0 saturated carbocycles. The Labute approximate surface area is 99.1 Å². The Hall–Kier alpha value is -0.610. The molecular weight excluding hydrogens is 204 g/mol. The number of methoxy groups -OCH3 is 1. The average Bonchev–Trinajstić information content (AvgIpc) is 2.17. The quantitative estimate of drug-likeness (QED) is 0.645. The van der Waals surface area contributed by atoms with Crippen LogP contribution in [-0.4, -0.2) is 39.3 Å². The van der Waals surface area contributed by atoms with Gasteiger partial charge in [0.25, 0.3) is 0 Å². The van der Waals surface area contributed by atoms with Gasteiger partial charge in [0.2, 0.25) is 5.91 Å². The van der Waals surface area contributed by atoms with Crippen LogP contribution in [0.4, 0.5) is 0 Å². The molecule has 0 heterocycles. The van der Waals surface area contributed by atoms with Crippen LogP contribution in [0.25, 0.3) is 0 Å². The van der Waals surface area contributed by atoms with Gasteiger partial charge < -0.3 is 15.4 Å². The molecule has 0 bridgehead atoms. The maximum absolute atomic E-state index is 11.5. The van der Waals surface area contributed by atoms with Crippen molar-refractivity contribution in [3.63, 3.8) is 0 Å². The number of nitrogens with one attached hydrogen (secondary N) is 2. The lowest BCUT2D eigenvalue weighted by Gasteiger charge is -2.29. The molecule has 0 aliphatic heterocycles. The van der Waals surface area contributed by atoms with Gasteiger partial charge in [0.05, 0.1) is 6.10 Å². The topological polar surface area (TPSA) is 50.4 Å². The van der Waals surface area contributed by atoms with Crippen molar-refractivity contribution in [3.8, 4) is 0 Å². The highest BCUT2D eigenvalue weighted by molar-refractivity contribution is 5.75. The van der Waals surface area contributed by atoms with E-state index in [-0.39, 0.29) is 17.4 Å². The van der Waals surface area contributed by atoms with Crippen molar-refractivity contribution in [2.24, 2.45) is 5.41 Å². The average molecular weight is 230 g/mol. The van der Waals surface area contributed by atoms with E-state index in [4.69, 9.17) is 4.74 Å². The van der Waals surface area contributed by atoms with Gasteiger partial charge in [0.1, 0.15) is 0 Å². The number of rotatable bonds is 7. The van der Waals surface area contributed by atoms with Gasteiger partial charge in [-0.2, -0.15) is 0 Å². The van der Waals surface area contributed by atoms with Crippen LogP contribution in [-0.2, 0) is 9.53 Å². The molecule has 1 amide bonds. The number of ether oxygens (including phenoxy) is 1. The summed E-state index contributed by atoms with van der Waals surface area (Å²) in [7, 11) is 3.57. The number of hydrogen-bond donors (Lipinski definition) is 2. The number of carbonyl (C=O) groups excluding carboxylic acids is 1. The monoisotopic (exact) mass is 230 g/mol. The van der Waals surface area contributed by atoms with Crippen LogP contribution in [0, 0.1) is 5.41 Å². The lowest BCUT2D eigenvalue weighted by molar-refractivity contribution is -0.122. The van der Waals surface area contributed by atoms with Crippen molar-refractivity contribution in [1.29, 1.82) is 0 Å². The van der Waals surface area contributed by atoms with Gasteiger partial charge in [0.15, 0.2) is 0 Å². The minimum atomic E-state index is 0.0486. The zero-order chi connectivity index (χ0) is 12.6. The number of carbonyl (C=O) groups is 1.